The Bertz CT molecular complexity index is 1310. The maximum Gasteiger partial charge on any atom is 0.461 e. The fourth-order valence-corrected chi connectivity index (χ4v) is 6.48. The van der Waals surface area contributed by atoms with E-state index in [9.17, 15) is 22.4 Å². The lowest BCUT2D eigenvalue weighted by Crippen LogP contribution is -2.55. The molecular formula is C30H30F4IN3O2. The average molecular weight is 667 g/mol. The summed E-state index contributed by atoms with van der Waals surface area (Å²) in [5.41, 5.74) is 1.35. The topological polar surface area (TPSA) is 63.2 Å². The summed E-state index contributed by atoms with van der Waals surface area (Å²) >= 11 is 2.23. The molecule has 4 atom stereocenters. The number of fused-ring (bicyclic) bond motifs is 2. The summed E-state index contributed by atoms with van der Waals surface area (Å²) in [5, 5.41) is 6.29. The Morgan fingerprint density at radius 1 is 1.02 bits per heavy atom. The van der Waals surface area contributed by atoms with Crippen LogP contribution in [0.15, 0.2) is 72.9 Å². The van der Waals surface area contributed by atoms with Crippen LogP contribution < -0.4 is 15.4 Å². The Morgan fingerprint density at radius 2 is 1.82 bits per heavy atom. The fraction of sp³-hybridized carbons (Fsp3) is 0.400. The number of aromatic nitrogens is 1. The second-order valence-electron chi connectivity index (χ2n) is 10.6. The molecule has 0 radical (unpaired) electrons. The molecule has 2 fully saturated rings. The molecule has 10 heteroatoms. The molecule has 2 N–H and O–H groups in total. The molecule has 5 nitrogen and oxygen atoms in total. The van der Waals surface area contributed by atoms with Gasteiger partial charge < -0.3 is 15.4 Å². The molecular weight excluding hydrogens is 637 g/mol. The summed E-state index contributed by atoms with van der Waals surface area (Å²) in [6.45, 7) is 0. The van der Waals surface area contributed by atoms with Gasteiger partial charge >= 0.3 is 18.6 Å². The smallest absolute Gasteiger partial charge is 0.428 e. The zero-order valence-electron chi connectivity index (χ0n) is 21.6. The van der Waals surface area contributed by atoms with Crippen molar-refractivity contribution in [2.75, 3.05) is 0 Å². The van der Waals surface area contributed by atoms with Gasteiger partial charge in [0.05, 0.1) is 5.69 Å². The normalized spacial score (nSPS) is 21.7. The van der Waals surface area contributed by atoms with E-state index < -0.39 is 29.9 Å². The van der Waals surface area contributed by atoms with Gasteiger partial charge in [-0.1, -0.05) is 77.5 Å². The molecule has 0 saturated heterocycles. The highest BCUT2D eigenvalue weighted by Gasteiger charge is 2.45. The molecule has 2 amide bonds. The number of carbonyl (C=O) groups excluding carboxylic acids is 1. The molecule has 0 aliphatic heterocycles. The van der Waals surface area contributed by atoms with Crippen LogP contribution in [-0.2, 0) is 16.4 Å². The first-order valence-corrected chi connectivity index (χ1v) is 14.8. The molecule has 1 heterocycles. The molecule has 1 aromatic heterocycles. The minimum Gasteiger partial charge on any atom is -0.428 e. The highest BCUT2D eigenvalue weighted by Crippen LogP contribution is 2.44. The lowest BCUT2D eigenvalue weighted by molar-refractivity contribution is -0.253. The van der Waals surface area contributed by atoms with Crippen molar-refractivity contribution in [2.45, 2.75) is 60.6 Å². The molecule has 2 bridgehead atoms. The summed E-state index contributed by atoms with van der Waals surface area (Å²) in [6.07, 6.45) is -2.43. The van der Waals surface area contributed by atoms with Crippen LogP contribution in [-0.4, -0.2) is 29.6 Å². The first kappa shape index (κ1) is 28.6. The third kappa shape index (κ3) is 6.21. The number of urea groups is 1. The molecule has 2 aromatic carbocycles. The number of halogens is 5. The zero-order chi connectivity index (χ0) is 28.3. The molecule has 2 saturated carbocycles. The van der Waals surface area contributed by atoms with Crippen LogP contribution in [0.3, 0.4) is 0 Å². The Morgan fingerprint density at radius 3 is 2.45 bits per heavy atom. The van der Waals surface area contributed by atoms with Crippen LogP contribution in [0.4, 0.5) is 22.4 Å². The molecule has 0 unspecified atom stereocenters. The highest BCUT2D eigenvalue weighted by molar-refractivity contribution is 14.1. The second kappa shape index (κ2) is 11.9. The SMILES string of the molecule is O=C(N[C@@H]1C[C@@H]2CC[C@H]1C2)N[C@@](Cc1ccccc1)(c1cccc(OC(F)(F)C(F)F)c1)c1ccc(CI)cn1. The van der Waals surface area contributed by atoms with Crippen molar-refractivity contribution in [3.63, 3.8) is 0 Å². The summed E-state index contributed by atoms with van der Waals surface area (Å²) in [6, 6.07) is 18.3. The highest BCUT2D eigenvalue weighted by atomic mass is 127. The van der Waals surface area contributed by atoms with E-state index in [0.29, 0.717) is 23.1 Å². The van der Waals surface area contributed by atoms with Gasteiger partial charge in [0, 0.05) is 23.1 Å². The number of hydrogen-bond acceptors (Lipinski definition) is 3. The fourth-order valence-electron chi connectivity index (χ4n) is 6.03. The van der Waals surface area contributed by atoms with Gasteiger partial charge in [0.2, 0.25) is 0 Å². The number of carbonyl (C=O) groups is 1. The number of ether oxygens (including phenoxy) is 1. The van der Waals surface area contributed by atoms with Gasteiger partial charge in [-0.2, -0.15) is 17.6 Å². The first-order chi connectivity index (χ1) is 19.2. The largest absolute Gasteiger partial charge is 0.461 e. The van der Waals surface area contributed by atoms with Crippen LogP contribution in [0.1, 0.15) is 48.1 Å². The van der Waals surface area contributed by atoms with Crippen LogP contribution in [0, 0.1) is 11.8 Å². The van der Waals surface area contributed by atoms with E-state index in [-0.39, 0.29) is 12.5 Å². The summed E-state index contributed by atoms with van der Waals surface area (Å²) in [7, 11) is 0. The van der Waals surface area contributed by atoms with Gasteiger partial charge in [0.25, 0.3) is 0 Å². The Kier molecular flexibility index (Phi) is 8.53. The van der Waals surface area contributed by atoms with E-state index in [2.05, 4.69) is 38.0 Å². The van der Waals surface area contributed by atoms with Gasteiger partial charge in [-0.05, 0) is 66.0 Å². The van der Waals surface area contributed by atoms with Gasteiger partial charge in [-0.15, -0.1) is 0 Å². The van der Waals surface area contributed by atoms with Gasteiger partial charge in [-0.3, -0.25) is 4.98 Å². The van der Waals surface area contributed by atoms with Crippen molar-refractivity contribution in [1.82, 2.24) is 15.6 Å². The number of hydrogen-bond donors (Lipinski definition) is 2. The molecule has 2 aliphatic rings. The van der Waals surface area contributed by atoms with Crippen molar-refractivity contribution in [3.05, 3.63) is 95.3 Å². The van der Waals surface area contributed by atoms with E-state index in [1.807, 2.05) is 36.4 Å². The van der Waals surface area contributed by atoms with E-state index in [1.165, 1.54) is 24.6 Å². The monoisotopic (exact) mass is 667 g/mol. The molecule has 2 aliphatic carbocycles. The van der Waals surface area contributed by atoms with E-state index in [0.717, 1.165) is 34.8 Å². The summed E-state index contributed by atoms with van der Waals surface area (Å²) in [5.74, 6) is 0.616. The number of rotatable bonds is 10. The zero-order valence-corrected chi connectivity index (χ0v) is 23.8. The number of benzene rings is 2. The van der Waals surface area contributed by atoms with Crippen molar-refractivity contribution >= 4 is 28.6 Å². The number of amides is 2. The molecule has 212 valence electrons. The lowest BCUT2D eigenvalue weighted by atomic mass is 9.80. The van der Waals surface area contributed by atoms with Gasteiger partial charge in [-0.25, -0.2) is 4.79 Å². The summed E-state index contributed by atoms with van der Waals surface area (Å²) < 4.78 is 58.7. The minimum atomic E-state index is -4.67. The molecule has 3 aromatic rings. The first-order valence-electron chi connectivity index (χ1n) is 13.3. The maximum atomic E-state index is 13.9. The molecule has 40 heavy (non-hydrogen) atoms. The standard InChI is InChI=1S/C30H30F4IN3O2/c31-27(32)30(33,34)40-24-8-4-7-23(15-24)29(16-19-5-2-1-3-6-19,26-12-10-21(17-35)18-36-26)38-28(39)37-25-14-20-9-11-22(25)13-20/h1-8,10,12,15,18,20,22,25,27H,9,11,13-14,16-17H2,(H2,37,38,39)/t20-,22+,25-,29+/m1/s1. The number of pyridine rings is 1. The number of alkyl halides is 5. The predicted molar refractivity (Wildman–Crippen MR) is 152 cm³/mol. The minimum absolute atomic E-state index is 0.0573. The third-order valence-corrected chi connectivity index (χ3v) is 8.83. The Hall–Kier alpha value is -2.89. The quantitative estimate of drug-likeness (QED) is 0.136. The average Bonchev–Trinajstić information content (AvgIpc) is 3.56. The van der Waals surface area contributed by atoms with E-state index >= 15 is 0 Å². The second-order valence-corrected chi connectivity index (χ2v) is 11.4. The van der Waals surface area contributed by atoms with Gasteiger partial charge in [0.15, 0.2) is 0 Å². The van der Waals surface area contributed by atoms with Crippen LogP contribution in [0.5, 0.6) is 5.75 Å². The Balaban J connectivity index is 1.58. The van der Waals surface area contributed by atoms with Crippen molar-refractivity contribution in [2.24, 2.45) is 11.8 Å². The van der Waals surface area contributed by atoms with Gasteiger partial charge in [0.1, 0.15) is 11.3 Å². The summed E-state index contributed by atoms with van der Waals surface area (Å²) in [4.78, 5) is 18.3. The van der Waals surface area contributed by atoms with E-state index in [4.69, 9.17) is 4.98 Å². The molecule has 0 spiro atoms. The van der Waals surface area contributed by atoms with Crippen molar-refractivity contribution in [1.29, 1.82) is 0 Å². The number of nitrogens with zero attached hydrogens (tertiary/aromatic N) is 1. The maximum absolute atomic E-state index is 13.9. The van der Waals surface area contributed by atoms with Crippen LogP contribution >= 0.6 is 22.6 Å². The van der Waals surface area contributed by atoms with E-state index in [1.54, 1.807) is 18.3 Å². The lowest BCUT2D eigenvalue weighted by Gasteiger charge is -2.36. The van der Waals surface area contributed by atoms with Crippen LogP contribution in [0.25, 0.3) is 0 Å². The van der Waals surface area contributed by atoms with Crippen molar-refractivity contribution in [3.8, 4) is 5.75 Å². The van der Waals surface area contributed by atoms with Crippen LogP contribution in [0.2, 0.25) is 0 Å². The molecule has 5 rings (SSSR count). The predicted octanol–water partition coefficient (Wildman–Crippen LogP) is 7.23. The number of nitrogens with one attached hydrogen (secondary N) is 2. The Labute approximate surface area is 244 Å². The van der Waals surface area contributed by atoms with Crippen molar-refractivity contribution < 1.29 is 27.1 Å². The third-order valence-electron chi connectivity index (χ3n) is 7.94.